The largest absolute Gasteiger partial charge is 0.465 e. The molecule has 0 aliphatic heterocycles. The quantitative estimate of drug-likeness (QED) is 0.593. The zero-order valence-corrected chi connectivity index (χ0v) is 9.12. The average Bonchev–Trinajstić information content (AvgIpc) is 2.76. The van der Waals surface area contributed by atoms with Gasteiger partial charge in [-0.25, -0.2) is 4.79 Å². The van der Waals surface area contributed by atoms with E-state index < -0.39 is 0 Å². The minimum absolute atomic E-state index is 0.389. The summed E-state index contributed by atoms with van der Waals surface area (Å²) in [6.45, 7) is 0. The number of fused-ring (bicyclic) bond motifs is 3. The Balaban J connectivity index is 2.47. The minimum atomic E-state index is -0.389. The number of nitrogens with zero attached hydrogens (tertiary/aromatic N) is 3. The second kappa shape index (κ2) is 3.55. The SMILES string of the molecule is COC(=O)c1cncc2cc3cnccn3c12. The number of rotatable bonds is 1. The average molecular weight is 227 g/mol. The molecule has 3 aromatic rings. The van der Waals surface area contributed by atoms with Gasteiger partial charge in [0, 0.05) is 30.2 Å². The molecule has 0 atom stereocenters. The van der Waals surface area contributed by atoms with Crippen molar-refractivity contribution in [1.82, 2.24) is 14.4 Å². The molecule has 0 saturated heterocycles. The Hall–Kier alpha value is -2.43. The lowest BCUT2D eigenvalue weighted by molar-refractivity contribution is 0.0602. The number of pyridine rings is 1. The first-order valence-corrected chi connectivity index (χ1v) is 5.08. The van der Waals surface area contributed by atoms with E-state index in [1.54, 1.807) is 18.6 Å². The van der Waals surface area contributed by atoms with Crippen molar-refractivity contribution in [3.8, 4) is 0 Å². The smallest absolute Gasteiger partial charge is 0.341 e. The fourth-order valence-electron chi connectivity index (χ4n) is 1.95. The monoisotopic (exact) mass is 227 g/mol. The van der Waals surface area contributed by atoms with Crippen molar-refractivity contribution in [2.45, 2.75) is 0 Å². The number of hydrogen-bond donors (Lipinski definition) is 0. The summed E-state index contributed by atoms with van der Waals surface area (Å²) in [5.41, 5.74) is 2.17. The van der Waals surface area contributed by atoms with Crippen LogP contribution in [0.2, 0.25) is 0 Å². The van der Waals surface area contributed by atoms with E-state index in [0.29, 0.717) is 5.56 Å². The van der Waals surface area contributed by atoms with Crippen LogP contribution in [-0.4, -0.2) is 27.4 Å². The highest BCUT2D eigenvalue weighted by Crippen LogP contribution is 2.22. The molecule has 0 radical (unpaired) electrons. The van der Waals surface area contributed by atoms with Crippen LogP contribution in [0.15, 0.2) is 37.1 Å². The zero-order valence-electron chi connectivity index (χ0n) is 9.12. The molecule has 0 N–H and O–H groups in total. The molecule has 3 aromatic heterocycles. The summed E-state index contributed by atoms with van der Waals surface area (Å²) in [5, 5.41) is 0.890. The van der Waals surface area contributed by atoms with Gasteiger partial charge in [0.15, 0.2) is 0 Å². The molecule has 0 aliphatic rings. The van der Waals surface area contributed by atoms with Gasteiger partial charge in [0.2, 0.25) is 0 Å². The number of esters is 1. The Labute approximate surface area is 96.7 Å². The number of hydrogen-bond acceptors (Lipinski definition) is 4. The van der Waals surface area contributed by atoms with Crippen molar-refractivity contribution in [2.24, 2.45) is 0 Å². The van der Waals surface area contributed by atoms with Crippen LogP contribution < -0.4 is 0 Å². The molecule has 5 heteroatoms. The van der Waals surface area contributed by atoms with Crippen molar-refractivity contribution < 1.29 is 9.53 Å². The van der Waals surface area contributed by atoms with Crippen LogP contribution in [0.3, 0.4) is 0 Å². The third kappa shape index (κ3) is 1.36. The maximum Gasteiger partial charge on any atom is 0.341 e. The Bertz CT molecular complexity index is 718. The van der Waals surface area contributed by atoms with E-state index in [9.17, 15) is 4.79 Å². The first-order valence-electron chi connectivity index (χ1n) is 5.08. The Morgan fingerprint density at radius 3 is 3.00 bits per heavy atom. The van der Waals surface area contributed by atoms with Crippen molar-refractivity contribution in [2.75, 3.05) is 7.11 Å². The van der Waals surface area contributed by atoms with Gasteiger partial charge in [0.05, 0.1) is 24.3 Å². The van der Waals surface area contributed by atoms with Crippen molar-refractivity contribution >= 4 is 22.4 Å². The van der Waals surface area contributed by atoms with E-state index in [1.807, 2.05) is 16.7 Å². The van der Waals surface area contributed by atoms with Crippen LogP contribution in [0.1, 0.15) is 10.4 Å². The van der Waals surface area contributed by atoms with Crippen molar-refractivity contribution in [1.29, 1.82) is 0 Å². The van der Waals surface area contributed by atoms with Gasteiger partial charge in [-0.1, -0.05) is 0 Å². The topological polar surface area (TPSA) is 56.5 Å². The Morgan fingerprint density at radius 1 is 1.29 bits per heavy atom. The van der Waals surface area contributed by atoms with Crippen LogP contribution >= 0.6 is 0 Å². The molecular weight excluding hydrogens is 218 g/mol. The third-order valence-electron chi connectivity index (χ3n) is 2.68. The summed E-state index contributed by atoms with van der Waals surface area (Å²) in [6.07, 6.45) is 8.45. The van der Waals surface area contributed by atoms with Crippen LogP contribution in [-0.2, 0) is 4.74 Å². The highest BCUT2D eigenvalue weighted by Gasteiger charge is 2.14. The van der Waals surface area contributed by atoms with E-state index in [-0.39, 0.29) is 5.97 Å². The van der Waals surface area contributed by atoms with Gasteiger partial charge in [-0.05, 0) is 6.07 Å². The number of carbonyl (C=O) groups excluding carboxylic acids is 1. The standard InChI is InChI=1S/C12H9N3O2/c1-17-12(16)10-7-14-5-8-4-9-6-13-2-3-15(9)11(8)10/h2-7H,1H3. The summed E-state index contributed by atoms with van der Waals surface area (Å²) in [4.78, 5) is 19.8. The molecule has 84 valence electrons. The molecular formula is C12H9N3O2. The molecule has 0 amide bonds. The lowest BCUT2D eigenvalue weighted by Crippen LogP contribution is -2.03. The lowest BCUT2D eigenvalue weighted by Gasteiger charge is -2.02. The molecule has 0 aliphatic carbocycles. The van der Waals surface area contributed by atoms with E-state index in [0.717, 1.165) is 16.4 Å². The number of carbonyl (C=O) groups is 1. The van der Waals surface area contributed by atoms with Crippen LogP contribution in [0, 0.1) is 0 Å². The molecule has 0 unspecified atom stereocenters. The summed E-state index contributed by atoms with van der Waals surface area (Å²) >= 11 is 0. The van der Waals surface area contributed by atoms with Gasteiger partial charge in [-0.15, -0.1) is 0 Å². The van der Waals surface area contributed by atoms with Crippen molar-refractivity contribution in [3.63, 3.8) is 0 Å². The molecule has 0 spiro atoms. The fraction of sp³-hybridized carbons (Fsp3) is 0.0833. The lowest BCUT2D eigenvalue weighted by atomic mass is 10.2. The van der Waals surface area contributed by atoms with Crippen LogP contribution in [0.25, 0.3) is 16.4 Å². The molecule has 0 aromatic carbocycles. The Morgan fingerprint density at radius 2 is 2.18 bits per heavy atom. The predicted molar refractivity (Wildman–Crippen MR) is 61.8 cm³/mol. The number of methoxy groups -OCH3 is 1. The maximum atomic E-state index is 11.7. The normalized spacial score (nSPS) is 10.9. The predicted octanol–water partition coefficient (Wildman–Crippen LogP) is 1.67. The molecule has 0 fully saturated rings. The summed E-state index contributed by atoms with van der Waals surface area (Å²) < 4.78 is 6.65. The van der Waals surface area contributed by atoms with E-state index in [4.69, 9.17) is 4.74 Å². The minimum Gasteiger partial charge on any atom is -0.465 e. The zero-order chi connectivity index (χ0) is 11.8. The van der Waals surface area contributed by atoms with E-state index >= 15 is 0 Å². The molecule has 5 nitrogen and oxygen atoms in total. The third-order valence-corrected chi connectivity index (χ3v) is 2.68. The molecule has 3 heterocycles. The molecule has 17 heavy (non-hydrogen) atoms. The van der Waals surface area contributed by atoms with Crippen molar-refractivity contribution in [3.05, 3.63) is 42.6 Å². The first kappa shape index (κ1) is 9.77. The van der Waals surface area contributed by atoms with Gasteiger partial charge < -0.3 is 9.14 Å². The van der Waals surface area contributed by atoms with E-state index in [2.05, 4.69) is 9.97 Å². The van der Waals surface area contributed by atoms with Gasteiger partial charge in [-0.3, -0.25) is 9.97 Å². The van der Waals surface area contributed by atoms with Crippen LogP contribution in [0.5, 0.6) is 0 Å². The second-order valence-electron chi connectivity index (χ2n) is 3.63. The summed E-state index contributed by atoms with van der Waals surface area (Å²) in [7, 11) is 1.36. The number of aromatic nitrogens is 3. The second-order valence-corrected chi connectivity index (χ2v) is 3.63. The molecule has 0 saturated carbocycles. The van der Waals surface area contributed by atoms with Gasteiger partial charge >= 0.3 is 5.97 Å². The molecule has 3 rings (SSSR count). The van der Waals surface area contributed by atoms with Gasteiger partial charge in [0.25, 0.3) is 0 Å². The summed E-state index contributed by atoms with van der Waals surface area (Å²) in [5.74, 6) is -0.389. The highest BCUT2D eigenvalue weighted by molar-refractivity contribution is 6.04. The van der Waals surface area contributed by atoms with Gasteiger partial charge in [-0.2, -0.15) is 0 Å². The first-order chi connectivity index (χ1) is 8.31. The Kier molecular flexibility index (Phi) is 2.04. The number of ether oxygens (including phenoxy) is 1. The summed E-state index contributed by atoms with van der Waals surface area (Å²) in [6, 6.07) is 1.93. The maximum absolute atomic E-state index is 11.7. The van der Waals surface area contributed by atoms with Gasteiger partial charge in [0.1, 0.15) is 5.56 Å². The highest BCUT2D eigenvalue weighted by atomic mass is 16.5. The molecule has 0 bridgehead atoms. The van der Waals surface area contributed by atoms with Crippen LogP contribution in [0.4, 0.5) is 0 Å². The van der Waals surface area contributed by atoms with E-state index in [1.165, 1.54) is 13.3 Å². The fourth-order valence-corrected chi connectivity index (χ4v) is 1.95.